The molecule has 6 nitrogen and oxygen atoms in total. The van der Waals surface area contributed by atoms with Gasteiger partial charge in [0, 0.05) is 30.6 Å². The second-order valence-electron chi connectivity index (χ2n) is 6.68. The Morgan fingerprint density at radius 3 is 3.08 bits per heavy atom. The second-order valence-corrected chi connectivity index (χ2v) is 6.68. The number of benzene rings is 1. The molecule has 0 saturated carbocycles. The molecule has 1 aliphatic rings. The molecule has 1 aliphatic heterocycles. The molecule has 6 heteroatoms. The third-order valence-corrected chi connectivity index (χ3v) is 4.76. The van der Waals surface area contributed by atoms with Gasteiger partial charge in [-0.2, -0.15) is 0 Å². The molecule has 1 saturated heterocycles. The summed E-state index contributed by atoms with van der Waals surface area (Å²) in [7, 11) is 0. The summed E-state index contributed by atoms with van der Waals surface area (Å²) >= 11 is 0. The van der Waals surface area contributed by atoms with Crippen molar-refractivity contribution in [1.82, 2.24) is 14.9 Å². The topological polar surface area (TPSA) is 68.5 Å². The zero-order valence-corrected chi connectivity index (χ0v) is 14.7. The number of rotatable bonds is 3. The largest absolute Gasteiger partial charge is 0.448 e. The van der Waals surface area contributed by atoms with Gasteiger partial charge in [-0.1, -0.05) is 12.1 Å². The van der Waals surface area contributed by atoms with Crippen molar-refractivity contribution >= 4 is 16.8 Å². The van der Waals surface area contributed by atoms with Gasteiger partial charge in [0.25, 0.3) is 5.91 Å². The Hall–Kier alpha value is -2.73. The lowest BCUT2D eigenvalue weighted by Crippen LogP contribution is -2.36. The summed E-state index contributed by atoms with van der Waals surface area (Å²) in [4.78, 5) is 23.0. The highest BCUT2D eigenvalue weighted by Crippen LogP contribution is 2.20. The predicted molar refractivity (Wildman–Crippen MR) is 96.9 cm³/mol. The fraction of sp³-hybridized carbons (Fsp3) is 0.350. The van der Waals surface area contributed by atoms with Crippen molar-refractivity contribution in [2.24, 2.45) is 5.92 Å². The lowest BCUT2D eigenvalue weighted by Gasteiger charge is -2.23. The molecule has 3 aromatic rings. The van der Waals surface area contributed by atoms with E-state index in [0.29, 0.717) is 37.8 Å². The fourth-order valence-electron chi connectivity index (χ4n) is 3.43. The van der Waals surface area contributed by atoms with Crippen LogP contribution in [0.4, 0.5) is 0 Å². The molecule has 0 spiro atoms. The van der Waals surface area contributed by atoms with E-state index in [1.807, 2.05) is 17.0 Å². The van der Waals surface area contributed by atoms with Crippen molar-refractivity contribution in [1.29, 1.82) is 0 Å². The molecule has 0 radical (unpaired) electrons. The monoisotopic (exact) mass is 351 g/mol. The van der Waals surface area contributed by atoms with Gasteiger partial charge in [-0.3, -0.25) is 9.78 Å². The maximum Gasteiger partial charge on any atom is 0.276 e. The van der Waals surface area contributed by atoms with Crippen LogP contribution in [-0.4, -0.2) is 47.1 Å². The van der Waals surface area contributed by atoms with Crippen LogP contribution >= 0.6 is 0 Å². The Morgan fingerprint density at radius 2 is 2.23 bits per heavy atom. The molecular weight excluding hydrogens is 330 g/mol. The summed E-state index contributed by atoms with van der Waals surface area (Å²) in [5, 5.41) is 1.13. The number of nitrogens with zero attached hydrogens (tertiary/aromatic N) is 3. The molecule has 3 heterocycles. The van der Waals surface area contributed by atoms with Crippen LogP contribution in [0.3, 0.4) is 0 Å². The Bertz CT molecular complexity index is 921. The maximum absolute atomic E-state index is 12.7. The van der Waals surface area contributed by atoms with Gasteiger partial charge in [0.1, 0.15) is 5.76 Å². The summed E-state index contributed by atoms with van der Waals surface area (Å²) < 4.78 is 10.9. The van der Waals surface area contributed by atoms with Crippen LogP contribution in [0, 0.1) is 12.8 Å². The zero-order chi connectivity index (χ0) is 17.9. The second kappa shape index (κ2) is 7.25. The number of carbonyl (C=O) groups excluding carboxylic acids is 1. The fourth-order valence-corrected chi connectivity index (χ4v) is 3.43. The molecule has 1 atom stereocenters. The van der Waals surface area contributed by atoms with Crippen molar-refractivity contribution in [3.63, 3.8) is 0 Å². The maximum atomic E-state index is 12.7. The van der Waals surface area contributed by atoms with Crippen molar-refractivity contribution in [3.05, 3.63) is 59.9 Å². The third kappa shape index (κ3) is 3.46. The quantitative estimate of drug-likeness (QED) is 0.726. The van der Waals surface area contributed by atoms with Crippen molar-refractivity contribution in [2.75, 3.05) is 26.3 Å². The summed E-state index contributed by atoms with van der Waals surface area (Å²) in [6.45, 7) is 4.17. The highest BCUT2D eigenvalue weighted by atomic mass is 16.5. The van der Waals surface area contributed by atoms with Crippen LogP contribution in [0.15, 0.2) is 47.3 Å². The first-order valence-electron chi connectivity index (χ1n) is 8.81. The molecule has 2 aromatic heterocycles. The van der Waals surface area contributed by atoms with Gasteiger partial charge in [0.05, 0.1) is 18.7 Å². The van der Waals surface area contributed by atoms with E-state index in [1.54, 1.807) is 13.1 Å². The molecule has 1 aromatic carbocycles. The first kappa shape index (κ1) is 16.7. The van der Waals surface area contributed by atoms with Crippen LogP contribution in [0.1, 0.15) is 21.8 Å². The number of carbonyl (C=O) groups is 1. The van der Waals surface area contributed by atoms with E-state index in [4.69, 9.17) is 9.15 Å². The van der Waals surface area contributed by atoms with Gasteiger partial charge < -0.3 is 14.1 Å². The summed E-state index contributed by atoms with van der Waals surface area (Å²) in [6, 6.07) is 10.3. The van der Waals surface area contributed by atoms with Crippen LogP contribution in [0.25, 0.3) is 10.9 Å². The van der Waals surface area contributed by atoms with Crippen molar-refractivity contribution in [3.8, 4) is 0 Å². The molecule has 0 aliphatic carbocycles. The van der Waals surface area contributed by atoms with Crippen LogP contribution in [-0.2, 0) is 11.2 Å². The number of oxazole rings is 1. The normalized spacial score (nSPS) is 18.0. The van der Waals surface area contributed by atoms with Crippen LogP contribution in [0.5, 0.6) is 0 Å². The van der Waals surface area contributed by atoms with E-state index >= 15 is 0 Å². The lowest BCUT2D eigenvalue weighted by molar-refractivity contribution is 0.0730. The minimum Gasteiger partial charge on any atom is -0.448 e. The van der Waals surface area contributed by atoms with Crippen LogP contribution in [0.2, 0.25) is 0 Å². The molecule has 1 fully saturated rings. The highest BCUT2D eigenvalue weighted by Gasteiger charge is 2.26. The van der Waals surface area contributed by atoms with E-state index in [1.165, 1.54) is 12.0 Å². The van der Waals surface area contributed by atoms with E-state index in [9.17, 15) is 4.79 Å². The molecule has 1 unspecified atom stereocenters. The first-order valence-corrected chi connectivity index (χ1v) is 8.81. The number of fused-ring (bicyclic) bond motifs is 1. The Morgan fingerprint density at radius 1 is 1.31 bits per heavy atom. The number of pyridine rings is 1. The third-order valence-electron chi connectivity index (χ3n) is 4.76. The first-order chi connectivity index (χ1) is 12.7. The minimum atomic E-state index is -0.0885. The molecule has 0 N–H and O–H groups in total. The Labute approximate surface area is 151 Å². The molecule has 26 heavy (non-hydrogen) atoms. The zero-order valence-electron chi connectivity index (χ0n) is 14.7. The Kier molecular flexibility index (Phi) is 4.67. The number of aromatic nitrogens is 2. The van der Waals surface area contributed by atoms with E-state index in [0.717, 1.165) is 17.3 Å². The molecular formula is C20H21N3O3. The molecule has 4 rings (SSSR count). The highest BCUT2D eigenvalue weighted by molar-refractivity contribution is 5.93. The number of ether oxygens (including phenoxy) is 1. The van der Waals surface area contributed by atoms with Crippen LogP contribution < -0.4 is 0 Å². The summed E-state index contributed by atoms with van der Waals surface area (Å²) in [6.07, 6.45) is 3.97. The summed E-state index contributed by atoms with van der Waals surface area (Å²) in [5.74, 6) is 0.705. The smallest absolute Gasteiger partial charge is 0.276 e. The van der Waals surface area contributed by atoms with Gasteiger partial charge in [-0.25, -0.2) is 4.98 Å². The number of hydrogen-bond donors (Lipinski definition) is 0. The Balaban J connectivity index is 1.50. The van der Waals surface area contributed by atoms with Gasteiger partial charge in [0.2, 0.25) is 0 Å². The van der Waals surface area contributed by atoms with Crippen molar-refractivity contribution < 1.29 is 13.9 Å². The minimum absolute atomic E-state index is 0.0885. The van der Waals surface area contributed by atoms with Gasteiger partial charge >= 0.3 is 0 Å². The van der Waals surface area contributed by atoms with Gasteiger partial charge in [-0.05, 0) is 37.1 Å². The van der Waals surface area contributed by atoms with Gasteiger partial charge in [0.15, 0.2) is 12.1 Å². The molecule has 0 bridgehead atoms. The lowest BCUT2D eigenvalue weighted by atomic mass is 9.98. The predicted octanol–water partition coefficient (Wildman–Crippen LogP) is 2.86. The van der Waals surface area contributed by atoms with Gasteiger partial charge in [-0.15, -0.1) is 0 Å². The van der Waals surface area contributed by atoms with E-state index in [-0.39, 0.29) is 11.8 Å². The number of hydrogen-bond acceptors (Lipinski definition) is 5. The van der Waals surface area contributed by atoms with Crippen molar-refractivity contribution in [2.45, 2.75) is 13.3 Å². The molecule has 134 valence electrons. The average Bonchev–Trinajstić information content (AvgIpc) is 2.95. The summed E-state index contributed by atoms with van der Waals surface area (Å²) in [5.41, 5.74) is 2.61. The van der Waals surface area contributed by atoms with E-state index < -0.39 is 0 Å². The van der Waals surface area contributed by atoms with E-state index in [2.05, 4.69) is 28.2 Å². The average molecular weight is 351 g/mol. The molecule has 1 amide bonds. The standard InChI is InChI=1S/C20H21N3O3/c1-14-19(22-13-26-14)20(24)23-7-8-25-12-16(11-23)9-15-4-5-18-17(10-15)3-2-6-21-18/h2-6,10,13,16H,7-9,11-12H2,1H3. The number of aryl methyl sites for hydroxylation is 1. The number of amides is 1. The SMILES string of the molecule is Cc1ocnc1C(=O)N1CCOCC(Cc2ccc3ncccc3c2)C1.